The van der Waals surface area contributed by atoms with Gasteiger partial charge in [0.05, 0.1) is 11.9 Å². The summed E-state index contributed by atoms with van der Waals surface area (Å²) in [6.07, 6.45) is 1.10. The summed E-state index contributed by atoms with van der Waals surface area (Å²) in [7, 11) is -3.64. The Kier molecular flexibility index (Phi) is 4.99. The molecule has 0 atom stereocenters. The first kappa shape index (κ1) is 20.0. The maximum absolute atomic E-state index is 12.7. The summed E-state index contributed by atoms with van der Waals surface area (Å²) in [6.45, 7) is 3.44. The van der Waals surface area contributed by atoms with Gasteiger partial charge in [0.25, 0.3) is 0 Å². The Morgan fingerprint density at radius 3 is 2.43 bits per heavy atom. The molecule has 1 N–H and O–H groups in total. The number of nitrogens with zero attached hydrogens (tertiary/aromatic N) is 1. The Hall–Kier alpha value is -3.32. The fourth-order valence-corrected chi connectivity index (χ4v) is 4.51. The fraction of sp³-hybridized carbons (Fsp3) is 0.174. The number of carbonyl (C=O) groups is 1. The number of furan rings is 1. The molecule has 0 aliphatic rings. The number of carbonyl (C=O) groups excluding carboxylic acids is 1. The van der Waals surface area contributed by atoms with E-state index in [-0.39, 0.29) is 6.54 Å². The fourth-order valence-electron chi connectivity index (χ4n) is 3.60. The van der Waals surface area contributed by atoms with E-state index in [2.05, 4.69) is 5.32 Å². The standard InChI is InChI=1S/C23H22N2O4S/c1-15-8-11-20(16(2)12-15)25(30(3,27)28)14-23(26)24-17-9-10-19-18-6-4-5-7-21(18)29-22(19)13-17/h4-13H,14H2,1-3H3,(H,24,26). The zero-order valence-corrected chi connectivity index (χ0v) is 17.8. The van der Waals surface area contributed by atoms with E-state index in [9.17, 15) is 13.2 Å². The van der Waals surface area contributed by atoms with E-state index in [0.717, 1.165) is 38.0 Å². The molecule has 0 aliphatic heterocycles. The number of fused-ring (bicyclic) bond motifs is 3. The van der Waals surface area contributed by atoms with Crippen molar-refractivity contribution in [3.8, 4) is 0 Å². The molecule has 0 unspecified atom stereocenters. The third-order valence-corrected chi connectivity index (χ3v) is 6.10. The molecule has 30 heavy (non-hydrogen) atoms. The van der Waals surface area contributed by atoms with Crippen molar-refractivity contribution in [3.63, 3.8) is 0 Å². The van der Waals surface area contributed by atoms with Gasteiger partial charge in [-0.25, -0.2) is 8.42 Å². The number of nitrogens with one attached hydrogen (secondary N) is 1. The van der Waals surface area contributed by atoms with Crippen molar-refractivity contribution in [1.29, 1.82) is 0 Å². The molecule has 154 valence electrons. The van der Waals surface area contributed by atoms with E-state index in [4.69, 9.17) is 4.42 Å². The highest BCUT2D eigenvalue weighted by molar-refractivity contribution is 7.92. The Morgan fingerprint density at radius 1 is 0.967 bits per heavy atom. The molecular weight excluding hydrogens is 400 g/mol. The summed E-state index contributed by atoms with van der Waals surface area (Å²) >= 11 is 0. The molecule has 0 saturated carbocycles. The Bertz CT molecular complexity index is 1370. The van der Waals surface area contributed by atoms with E-state index in [1.54, 1.807) is 18.2 Å². The molecule has 4 rings (SSSR count). The van der Waals surface area contributed by atoms with E-state index >= 15 is 0 Å². The molecule has 1 amide bonds. The molecule has 0 radical (unpaired) electrons. The first-order valence-electron chi connectivity index (χ1n) is 9.48. The number of para-hydroxylation sites is 1. The van der Waals surface area contributed by atoms with Crippen molar-refractivity contribution in [2.45, 2.75) is 13.8 Å². The van der Waals surface area contributed by atoms with Gasteiger partial charge in [0.2, 0.25) is 15.9 Å². The number of anilines is 2. The van der Waals surface area contributed by atoms with Gasteiger partial charge in [-0.1, -0.05) is 35.9 Å². The average molecular weight is 423 g/mol. The van der Waals surface area contributed by atoms with Crippen LogP contribution in [0.3, 0.4) is 0 Å². The number of aryl methyl sites for hydroxylation is 2. The van der Waals surface area contributed by atoms with Crippen LogP contribution < -0.4 is 9.62 Å². The Labute approximate surface area is 175 Å². The maximum Gasteiger partial charge on any atom is 0.245 e. The number of sulfonamides is 1. The minimum Gasteiger partial charge on any atom is -0.456 e. The predicted molar refractivity (Wildman–Crippen MR) is 120 cm³/mol. The normalized spacial score (nSPS) is 11.7. The van der Waals surface area contributed by atoms with Crippen molar-refractivity contribution in [2.24, 2.45) is 0 Å². The highest BCUT2D eigenvalue weighted by Gasteiger charge is 2.22. The summed E-state index contributed by atoms with van der Waals surface area (Å²) in [6, 6.07) is 18.6. The van der Waals surface area contributed by atoms with Crippen molar-refractivity contribution in [2.75, 3.05) is 22.4 Å². The minimum absolute atomic E-state index is 0.319. The van der Waals surface area contributed by atoms with E-state index in [1.807, 2.05) is 56.3 Å². The van der Waals surface area contributed by atoms with Crippen molar-refractivity contribution < 1.29 is 17.6 Å². The number of hydrogen-bond donors (Lipinski definition) is 1. The lowest BCUT2D eigenvalue weighted by Crippen LogP contribution is -2.37. The van der Waals surface area contributed by atoms with Crippen molar-refractivity contribution >= 4 is 49.2 Å². The highest BCUT2D eigenvalue weighted by atomic mass is 32.2. The van der Waals surface area contributed by atoms with Gasteiger partial charge in [-0.05, 0) is 43.7 Å². The highest BCUT2D eigenvalue weighted by Crippen LogP contribution is 2.30. The number of rotatable bonds is 5. The van der Waals surface area contributed by atoms with Crippen LogP contribution in [0.4, 0.5) is 11.4 Å². The van der Waals surface area contributed by atoms with Crippen LogP contribution in [0.5, 0.6) is 0 Å². The second kappa shape index (κ2) is 7.50. The molecule has 4 aromatic rings. The molecule has 0 bridgehead atoms. The summed E-state index contributed by atoms with van der Waals surface area (Å²) in [5, 5.41) is 4.73. The monoisotopic (exact) mass is 422 g/mol. The van der Waals surface area contributed by atoms with Gasteiger partial charge in [-0.15, -0.1) is 0 Å². The Balaban J connectivity index is 1.59. The molecule has 3 aromatic carbocycles. The number of benzene rings is 3. The second-order valence-electron chi connectivity index (χ2n) is 7.42. The lowest BCUT2D eigenvalue weighted by Gasteiger charge is -2.24. The van der Waals surface area contributed by atoms with Gasteiger partial charge < -0.3 is 9.73 Å². The molecule has 1 aromatic heterocycles. The van der Waals surface area contributed by atoms with Gasteiger partial charge >= 0.3 is 0 Å². The van der Waals surface area contributed by atoms with Gasteiger partial charge in [-0.3, -0.25) is 9.10 Å². The van der Waals surface area contributed by atoms with E-state index in [0.29, 0.717) is 17.0 Å². The van der Waals surface area contributed by atoms with E-state index in [1.165, 1.54) is 0 Å². The van der Waals surface area contributed by atoms with Crippen LogP contribution in [-0.4, -0.2) is 27.1 Å². The second-order valence-corrected chi connectivity index (χ2v) is 9.32. The van der Waals surface area contributed by atoms with Gasteiger partial charge in [0, 0.05) is 22.5 Å². The molecule has 0 aliphatic carbocycles. The third kappa shape index (κ3) is 3.89. The zero-order valence-electron chi connectivity index (χ0n) is 17.0. The van der Waals surface area contributed by atoms with Crippen LogP contribution in [-0.2, 0) is 14.8 Å². The summed E-state index contributed by atoms with van der Waals surface area (Å²) in [5.74, 6) is -0.434. The topological polar surface area (TPSA) is 79.6 Å². The average Bonchev–Trinajstić information content (AvgIpc) is 3.03. The molecule has 6 nitrogen and oxygen atoms in total. The van der Waals surface area contributed by atoms with Crippen molar-refractivity contribution in [1.82, 2.24) is 0 Å². The molecule has 7 heteroatoms. The van der Waals surface area contributed by atoms with Crippen LogP contribution in [0.1, 0.15) is 11.1 Å². The van der Waals surface area contributed by atoms with Gasteiger partial charge in [0.1, 0.15) is 17.7 Å². The number of amides is 1. The molecule has 0 fully saturated rings. The third-order valence-electron chi connectivity index (χ3n) is 4.97. The smallest absolute Gasteiger partial charge is 0.245 e. The minimum atomic E-state index is -3.64. The van der Waals surface area contributed by atoms with Crippen molar-refractivity contribution in [3.05, 3.63) is 71.8 Å². The van der Waals surface area contributed by atoms with E-state index < -0.39 is 15.9 Å². The Morgan fingerprint density at radius 2 is 1.70 bits per heavy atom. The molecule has 0 spiro atoms. The molecular formula is C23H22N2O4S. The summed E-state index contributed by atoms with van der Waals surface area (Å²) in [5.41, 5.74) is 4.27. The van der Waals surface area contributed by atoms with Gasteiger partial charge in [-0.2, -0.15) is 0 Å². The molecule has 1 heterocycles. The summed E-state index contributed by atoms with van der Waals surface area (Å²) in [4.78, 5) is 12.7. The van der Waals surface area contributed by atoms with Crippen LogP contribution in [0, 0.1) is 13.8 Å². The first-order valence-corrected chi connectivity index (χ1v) is 11.3. The lowest BCUT2D eigenvalue weighted by atomic mass is 10.1. The van der Waals surface area contributed by atoms with Crippen LogP contribution in [0.2, 0.25) is 0 Å². The quantitative estimate of drug-likeness (QED) is 0.509. The number of hydrogen-bond acceptors (Lipinski definition) is 4. The maximum atomic E-state index is 12.7. The van der Waals surface area contributed by atoms with Crippen LogP contribution >= 0.6 is 0 Å². The van der Waals surface area contributed by atoms with Gasteiger partial charge in [0.15, 0.2) is 0 Å². The molecule has 0 saturated heterocycles. The van der Waals surface area contributed by atoms with Crippen LogP contribution in [0.15, 0.2) is 65.1 Å². The van der Waals surface area contributed by atoms with Crippen LogP contribution in [0.25, 0.3) is 21.9 Å². The first-order chi connectivity index (χ1) is 14.2. The predicted octanol–water partition coefficient (Wildman–Crippen LogP) is 4.61. The zero-order chi connectivity index (χ0) is 21.5. The lowest BCUT2D eigenvalue weighted by molar-refractivity contribution is -0.114. The summed E-state index contributed by atoms with van der Waals surface area (Å²) < 4.78 is 31.7. The largest absolute Gasteiger partial charge is 0.456 e. The SMILES string of the molecule is Cc1ccc(N(CC(=O)Nc2ccc3c(c2)oc2ccccc23)S(C)(=O)=O)c(C)c1.